The number of sulfonamides is 1. The Kier molecular flexibility index (Phi) is 3.96. The van der Waals surface area contributed by atoms with E-state index in [1.54, 1.807) is 19.2 Å². The lowest BCUT2D eigenvalue weighted by atomic mass is 9.90. The number of ether oxygens (including phenoxy) is 1. The number of hydrogen-bond donors (Lipinski definition) is 2. The van der Waals surface area contributed by atoms with Crippen LogP contribution in [0.15, 0.2) is 27.6 Å². The van der Waals surface area contributed by atoms with Crippen molar-refractivity contribution in [2.24, 2.45) is 0 Å². The average molecular weight is 335 g/mol. The van der Waals surface area contributed by atoms with Gasteiger partial charge in [-0.3, -0.25) is 0 Å². The zero-order valence-electron chi connectivity index (χ0n) is 9.89. The molecule has 0 saturated heterocycles. The predicted molar refractivity (Wildman–Crippen MR) is 72.7 cm³/mol. The van der Waals surface area contributed by atoms with Crippen molar-refractivity contribution in [2.75, 3.05) is 12.8 Å². The number of benzene rings is 1. The van der Waals surface area contributed by atoms with Gasteiger partial charge in [-0.05, 0) is 47.0 Å². The van der Waals surface area contributed by atoms with Crippen LogP contribution in [0.1, 0.15) is 12.8 Å². The lowest BCUT2D eigenvalue weighted by Gasteiger charge is -2.34. The zero-order valence-corrected chi connectivity index (χ0v) is 12.3. The molecule has 0 aromatic heterocycles. The van der Waals surface area contributed by atoms with Gasteiger partial charge >= 0.3 is 0 Å². The van der Waals surface area contributed by atoms with E-state index >= 15 is 0 Å². The van der Waals surface area contributed by atoms with Gasteiger partial charge in [0.15, 0.2) is 0 Å². The van der Waals surface area contributed by atoms with Crippen molar-refractivity contribution >= 4 is 31.6 Å². The van der Waals surface area contributed by atoms with Gasteiger partial charge in [0, 0.05) is 23.3 Å². The first kappa shape index (κ1) is 13.8. The standard InChI is InChI=1S/C11H15BrN2O3S/c1-17-9-5-8(6-9)14-18(15,16)11-3-2-7(13)4-10(11)12/h2-4,8-9,14H,5-6,13H2,1H3. The predicted octanol–water partition coefficient (Wildman–Crippen LogP) is 1.49. The summed E-state index contributed by atoms with van der Waals surface area (Å²) in [5.41, 5.74) is 6.10. The Balaban J connectivity index is 2.11. The van der Waals surface area contributed by atoms with Crippen molar-refractivity contribution in [1.29, 1.82) is 0 Å². The van der Waals surface area contributed by atoms with Gasteiger partial charge in [-0.15, -0.1) is 0 Å². The van der Waals surface area contributed by atoms with Gasteiger partial charge in [0.2, 0.25) is 10.0 Å². The Morgan fingerprint density at radius 3 is 2.67 bits per heavy atom. The number of anilines is 1. The molecule has 0 unspecified atom stereocenters. The van der Waals surface area contributed by atoms with Crippen LogP contribution in [0.3, 0.4) is 0 Å². The van der Waals surface area contributed by atoms with E-state index in [0.29, 0.717) is 23.0 Å². The number of nitrogen functional groups attached to an aromatic ring is 1. The second-order valence-corrected chi connectivity index (χ2v) is 6.87. The number of methoxy groups -OCH3 is 1. The van der Waals surface area contributed by atoms with Crippen molar-refractivity contribution in [3.63, 3.8) is 0 Å². The molecule has 0 radical (unpaired) electrons. The Morgan fingerprint density at radius 1 is 1.44 bits per heavy atom. The van der Waals surface area contributed by atoms with Crippen LogP contribution in [0, 0.1) is 0 Å². The number of rotatable bonds is 4. The van der Waals surface area contributed by atoms with Crippen molar-refractivity contribution in [3.8, 4) is 0 Å². The minimum atomic E-state index is -3.51. The van der Waals surface area contributed by atoms with Gasteiger partial charge in [0.05, 0.1) is 11.0 Å². The van der Waals surface area contributed by atoms with Gasteiger partial charge < -0.3 is 10.5 Å². The SMILES string of the molecule is COC1CC(NS(=O)(=O)c2ccc(N)cc2Br)C1. The quantitative estimate of drug-likeness (QED) is 0.817. The molecular formula is C11H15BrN2O3S. The summed E-state index contributed by atoms with van der Waals surface area (Å²) >= 11 is 3.21. The summed E-state index contributed by atoms with van der Waals surface area (Å²) in [6, 6.07) is 4.59. The monoisotopic (exact) mass is 334 g/mol. The molecule has 1 aliphatic rings. The van der Waals surface area contributed by atoms with Gasteiger partial charge in [0.1, 0.15) is 0 Å². The largest absolute Gasteiger partial charge is 0.399 e. The zero-order chi connectivity index (χ0) is 13.3. The van der Waals surface area contributed by atoms with Crippen LogP contribution in [0.4, 0.5) is 5.69 Å². The fourth-order valence-electron chi connectivity index (χ4n) is 1.87. The summed E-state index contributed by atoms with van der Waals surface area (Å²) in [6.45, 7) is 0. The van der Waals surface area contributed by atoms with Crippen molar-refractivity contribution in [2.45, 2.75) is 29.9 Å². The molecule has 1 aromatic carbocycles. The van der Waals surface area contributed by atoms with E-state index in [-0.39, 0.29) is 17.0 Å². The van der Waals surface area contributed by atoms with Crippen LogP contribution in [-0.2, 0) is 14.8 Å². The van der Waals surface area contributed by atoms with Crippen LogP contribution in [0.25, 0.3) is 0 Å². The van der Waals surface area contributed by atoms with Crippen LogP contribution < -0.4 is 10.5 Å². The molecule has 0 bridgehead atoms. The molecule has 2 rings (SSSR count). The summed E-state index contributed by atoms with van der Waals surface area (Å²) in [6.07, 6.45) is 1.58. The summed E-state index contributed by atoms with van der Waals surface area (Å²) in [5, 5.41) is 0. The van der Waals surface area contributed by atoms with Gasteiger partial charge in [-0.1, -0.05) is 0 Å². The fraction of sp³-hybridized carbons (Fsp3) is 0.455. The third-order valence-corrected chi connectivity index (χ3v) is 5.49. The highest BCUT2D eigenvalue weighted by atomic mass is 79.9. The third kappa shape index (κ3) is 2.85. The molecule has 0 aliphatic heterocycles. The summed E-state index contributed by atoms with van der Waals surface area (Å²) in [7, 11) is -1.88. The van der Waals surface area contributed by atoms with E-state index in [4.69, 9.17) is 10.5 Å². The highest BCUT2D eigenvalue weighted by Crippen LogP contribution is 2.28. The van der Waals surface area contributed by atoms with Crippen LogP contribution in [-0.4, -0.2) is 27.7 Å². The van der Waals surface area contributed by atoms with Crippen LogP contribution in [0.5, 0.6) is 0 Å². The Bertz CT molecular complexity index is 541. The molecule has 0 spiro atoms. The van der Waals surface area contributed by atoms with Crippen molar-refractivity contribution in [3.05, 3.63) is 22.7 Å². The lowest BCUT2D eigenvalue weighted by molar-refractivity contribution is 0.0236. The molecule has 3 N–H and O–H groups in total. The molecule has 5 nitrogen and oxygen atoms in total. The van der Waals surface area contributed by atoms with E-state index in [9.17, 15) is 8.42 Å². The maximum atomic E-state index is 12.1. The topological polar surface area (TPSA) is 81.4 Å². The van der Waals surface area contributed by atoms with Gasteiger partial charge in [0.25, 0.3) is 0 Å². The molecule has 1 saturated carbocycles. The minimum absolute atomic E-state index is 0.0515. The highest BCUT2D eigenvalue weighted by molar-refractivity contribution is 9.10. The van der Waals surface area contributed by atoms with E-state index in [1.165, 1.54) is 6.07 Å². The molecule has 18 heavy (non-hydrogen) atoms. The molecule has 1 aliphatic carbocycles. The number of hydrogen-bond acceptors (Lipinski definition) is 4. The first-order valence-electron chi connectivity index (χ1n) is 5.52. The average Bonchev–Trinajstić information content (AvgIpc) is 2.22. The Hall–Kier alpha value is -0.630. The normalized spacial score (nSPS) is 23.7. The van der Waals surface area contributed by atoms with Crippen LogP contribution >= 0.6 is 15.9 Å². The molecule has 0 amide bonds. The van der Waals surface area contributed by atoms with Gasteiger partial charge in [-0.2, -0.15) is 0 Å². The molecule has 0 heterocycles. The highest BCUT2D eigenvalue weighted by Gasteiger charge is 2.33. The second-order valence-electron chi connectivity index (χ2n) is 4.34. The van der Waals surface area contributed by atoms with E-state index in [1.807, 2.05) is 0 Å². The number of halogens is 1. The second kappa shape index (κ2) is 5.16. The van der Waals surface area contributed by atoms with E-state index < -0.39 is 10.0 Å². The van der Waals surface area contributed by atoms with Crippen LogP contribution in [0.2, 0.25) is 0 Å². The molecule has 0 atom stereocenters. The van der Waals surface area contributed by atoms with E-state index in [2.05, 4.69) is 20.7 Å². The minimum Gasteiger partial charge on any atom is -0.399 e. The third-order valence-electron chi connectivity index (χ3n) is 3.00. The smallest absolute Gasteiger partial charge is 0.241 e. The number of nitrogens with one attached hydrogen (secondary N) is 1. The van der Waals surface area contributed by atoms with Crippen molar-refractivity contribution in [1.82, 2.24) is 4.72 Å². The summed E-state index contributed by atoms with van der Waals surface area (Å²) < 4.78 is 32.5. The first-order valence-corrected chi connectivity index (χ1v) is 7.80. The maximum Gasteiger partial charge on any atom is 0.241 e. The maximum absolute atomic E-state index is 12.1. The molecule has 1 fully saturated rings. The Labute approximate surface area is 115 Å². The van der Waals surface area contributed by atoms with Gasteiger partial charge in [-0.25, -0.2) is 13.1 Å². The fourth-order valence-corrected chi connectivity index (χ4v) is 4.23. The molecule has 100 valence electrons. The number of nitrogens with two attached hydrogens (primary N) is 1. The summed E-state index contributed by atoms with van der Waals surface area (Å²) in [5.74, 6) is 0. The lowest BCUT2D eigenvalue weighted by Crippen LogP contribution is -2.47. The van der Waals surface area contributed by atoms with Crippen molar-refractivity contribution < 1.29 is 13.2 Å². The molecule has 7 heteroatoms. The Morgan fingerprint density at radius 2 is 2.11 bits per heavy atom. The molecular weight excluding hydrogens is 320 g/mol. The van der Waals surface area contributed by atoms with E-state index in [0.717, 1.165) is 0 Å². The first-order chi connectivity index (χ1) is 8.42. The molecule has 1 aromatic rings. The summed E-state index contributed by atoms with van der Waals surface area (Å²) in [4.78, 5) is 0.206.